The van der Waals surface area contributed by atoms with Gasteiger partial charge in [-0.3, -0.25) is 4.79 Å². The first-order valence-corrected chi connectivity index (χ1v) is 10.1. The number of rotatable bonds is 6. The van der Waals surface area contributed by atoms with E-state index in [4.69, 9.17) is 9.47 Å². The molecule has 2 heterocycles. The fraction of sp³-hybridized carbons (Fsp3) is 0.400. The molecule has 5 nitrogen and oxygen atoms in total. The summed E-state index contributed by atoms with van der Waals surface area (Å²) < 4.78 is 11.4. The third kappa shape index (κ3) is 3.80. The van der Waals surface area contributed by atoms with Crippen LogP contribution in [0, 0.1) is 0 Å². The van der Waals surface area contributed by atoms with Gasteiger partial charge in [0.25, 0.3) is 5.91 Å². The van der Waals surface area contributed by atoms with Gasteiger partial charge in [-0.25, -0.2) is 4.98 Å². The summed E-state index contributed by atoms with van der Waals surface area (Å²) >= 11 is 1.49. The molecule has 0 radical (unpaired) electrons. The minimum atomic E-state index is 0.0277. The highest BCUT2D eigenvalue weighted by Gasteiger charge is 2.25. The van der Waals surface area contributed by atoms with E-state index in [0.29, 0.717) is 31.9 Å². The molecule has 2 aromatic rings. The molecule has 0 N–H and O–H groups in total. The number of aromatic nitrogens is 1. The molecule has 6 heteroatoms. The van der Waals surface area contributed by atoms with E-state index in [1.165, 1.54) is 17.3 Å². The Morgan fingerprint density at radius 3 is 2.54 bits per heavy atom. The summed E-state index contributed by atoms with van der Waals surface area (Å²) in [5.41, 5.74) is 3.00. The molecule has 1 aromatic heterocycles. The van der Waals surface area contributed by atoms with Crippen molar-refractivity contribution in [3.63, 3.8) is 0 Å². The van der Waals surface area contributed by atoms with Crippen LogP contribution in [0.5, 0.6) is 11.5 Å². The summed E-state index contributed by atoms with van der Waals surface area (Å²) in [4.78, 5) is 19.2. The summed E-state index contributed by atoms with van der Waals surface area (Å²) in [5, 5.41) is 0.769. The van der Waals surface area contributed by atoms with Crippen LogP contribution >= 0.6 is 11.8 Å². The van der Waals surface area contributed by atoms with E-state index >= 15 is 0 Å². The Labute approximate surface area is 158 Å². The van der Waals surface area contributed by atoms with Gasteiger partial charge in [0, 0.05) is 19.3 Å². The fourth-order valence-corrected chi connectivity index (χ4v) is 3.70. The number of carbonyl (C=O) groups excluding carboxylic acids is 1. The third-order valence-electron chi connectivity index (χ3n) is 4.36. The number of amides is 1. The van der Waals surface area contributed by atoms with Gasteiger partial charge in [-0.1, -0.05) is 0 Å². The maximum Gasteiger partial charge on any atom is 0.256 e. The first kappa shape index (κ1) is 18.6. The highest BCUT2D eigenvalue weighted by Crippen LogP contribution is 2.34. The van der Waals surface area contributed by atoms with E-state index in [9.17, 15) is 4.79 Å². The third-order valence-corrected chi connectivity index (χ3v) is 5.07. The number of carbonyl (C=O) groups is 1. The second-order valence-corrected chi connectivity index (χ2v) is 6.77. The molecule has 1 aliphatic rings. The van der Waals surface area contributed by atoms with Crippen molar-refractivity contribution < 1.29 is 14.3 Å². The van der Waals surface area contributed by atoms with Crippen LogP contribution in [0.4, 0.5) is 0 Å². The Bertz CT molecular complexity index is 795. The second kappa shape index (κ2) is 8.45. The predicted molar refractivity (Wildman–Crippen MR) is 103 cm³/mol. The van der Waals surface area contributed by atoms with Crippen molar-refractivity contribution in [2.24, 2.45) is 0 Å². The van der Waals surface area contributed by atoms with Crippen molar-refractivity contribution in [3.8, 4) is 11.5 Å². The fourth-order valence-electron chi connectivity index (χ4n) is 3.16. The van der Waals surface area contributed by atoms with Crippen LogP contribution in [0.15, 0.2) is 35.5 Å². The van der Waals surface area contributed by atoms with Crippen molar-refractivity contribution in [2.75, 3.05) is 26.0 Å². The van der Waals surface area contributed by atoms with Gasteiger partial charge < -0.3 is 14.4 Å². The Kier molecular flexibility index (Phi) is 6.04. The number of nitrogens with zero attached hydrogens (tertiary/aromatic N) is 2. The number of fused-ring (bicyclic) bond motifs is 1. The van der Waals surface area contributed by atoms with Crippen LogP contribution < -0.4 is 9.47 Å². The van der Waals surface area contributed by atoms with E-state index in [1.807, 2.05) is 43.2 Å². The lowest BCUT2D eigenvalue weighted by molar-refractivity contribution is 0.0730. The van der Waals surface area contributed by atoms with Crippen LogP contribution in [0.3, 0.4) is 0 Å². The van der Waals surface area contributed by atoms with Crippen molar-refractivity contribution in [3.05, 3.63) is 47.2 Å². The number of thioether (sulfide) groups is 1. The zero-order valence-corrected chi connectivity index (χ0v) is 16.3. The maximum absolute atomic E-state index is 13.0. The van der Waals surface area contributed by atoms with E-state index in [2.05, 4.69) is 11.1 Å². The molecule has 26 heavy (non-hydrogen) atoms. The highest BCUT2D eigenvalue weighted by molar-refractivity contribution is 7.98. The molecule has 138 valence electrons. The zero-order valence-electron chi connectivity index (χ0n) is 15.4. The maximum atomic E-state index is 13.0. The summed E-state index contributed by atoms with van der Waals surface area (Å²) in [6, 6.07) is 7.73. The van der Waals surface area contributed by atoms with Gasteiger partial charge >= 0.3 is 0 Å². The van der Waals surface area contributed by atoms with Crippen LogP contribution in [0.2, 0.25) is 0 Å². The predicted octanol–water partition coefficient (Wildman–Crippen LogP) is 3.80. The lowest BCUT2D eigenvalue weighted by Crippen LogP contribution is -2.36. The highest BCUT2D eigenvalue weighted by atomic mass is 32.2. The summed E-state index contributed by atoms with van der Waals surface area (Å²) in [5.74, 6) is 1.55. The Balaban J connectivity index is 1.86. The van der Waals surface area contributed by atoms with Crippen molar-refractivity contribution in [2.45, 2.75) is 31.8 Å². The minimum Gasteiger partial charge on any atom is -0.490 e. The summed E-state index contributed by atoms with van der Waals surface area (Å²) in [6.45, 7) is 6.36. The zero-order chi connectivity index (χ0) is 18.5. The van der Waals surface area contributed by atoms with Gasteiger partial charge in [-0.15, -0.1) is 11.8 Å². The summed E-state index contributed by atoms with van der Waals surface area (Å²) in [6.07, 6.45) is 4.47. The molecule has 0 bridgehead atoms. The van der Waals surface area contributed by atoms with Gasteiger partial charge in [0.15, 0.2) is 11.5 Å². The molecular weight excluding hydrogens is 348 g/mol. The smallest absolute Gasteiger partial charge is 0.256 e. The van der Waals surface area contributed by atoms with Crippen molar-refractivity contribution >= 4 is 17.7 Å². The molecule has 0 saturated heterocycles. The van der Waals surface area contributed by atoms with Gasteiger partial charge in [-0.05, 0) is 61.9 Å². The SMILES string of the molecule is CCOc1cc2c(cc1OCC)CN(C(=O)c1cccnc1SC)CC2. The largest absolute Gasteiger partial charge is 0.490 e. The standard InChI is InChI=1S/C20H24N2O3S/c1-4-24-17-11-14-8-10-22(13-15(14)12-18(17)25-5-2)20(23)16-7-6-9-21-19(16)26-3/h6-7,9,11-12H,4-5,8,10,13H2,1-3H3. The molecule has 0 saturated carbocycles. The first-order chi connectivity index (χ1) is 12.7. The molecule has 0 fully saturated rings. The minimum absolute atomic E-state index is 0.0277. The monoisotopic (exact) mass is 372 g/mol. The van der Waals surface area contributed by atoms with Gasteiger partial charge in [0.05, 0.1) is 18.8 Å². The van der Waals surface area contributed by atoms with E-state index < -0.39 is 0 Å². The second-order valence-electron chi connectivity index (χ2n) is 5.97. The molecule has 0 aliphatic carbocycles. The number of ether oxygens (including phenoxy) is 2. The number of pyridine rings is 1. The molecule has 0 unspecified atom stereocenters. The van der Waals surface area contributed by atoms with Crippen molar-refractivity contribution in [1.29, 1.82) is 0 Å². The molecule has 1 aromatic carbocycles. The van der Waals surface area contributed by atoms with E-state index in [1.54, 1.807) is 6.20 Å². The number of benzene rings is 1. The quantitative estimate of drug-likeness (QED) is 0.722. The lowest BCUT2D eigenvalue weighted by atomic mass is 9.98. The normalized spacial score (nSPS) is 13.3. The topological polar surface area (TPSA) is 51.7 Å². The van der Waals surface area contributed by atoms with Gasteiger partial charge in [0.2, 0.25) is 0 Å². The van der Waals surface area contributed by atoms with Gasteiger partial charge in [0.1, 0.15) is 5.03 Å². The molecule has 0 spiro atoms. The van der Waals surface area contributed by atoms with Crippen LogP contribution in [-0.2, 0) is 13.0 Å². The van der Waals surface area contributed by atoms with Gasteiger partial charge in [-0.2, -0.15) is 0 Å². The Morgan fingerprint density at radius 1 is 1.19 bits per heavy atom. The van der Waals surface area contributed by atoms with Crippen LogP contribution in [0.25, 0.3) is 0 Å². The Morgan fingerprint density at radius 2 is 1.88 bits per heavy atom. The van der Waals surface area contributed by atoms with Crippen LogP contribution in [-0.4, -0.2) is 41.8 Å². The number of hydrogen-bond acceptors (Lipinski definition) is 5. The molecule has 0 atom stereocenters. The summed E-state index contributed by atoms with van der Waals surface area (Å²) in [7, 11) is 0. The van der Waals surface area contributed by atoms with E-state index in [-0.39, 0.29) is 5.91 Å². The molecule has 1 amide bonds. The molecule has 3 rings (SSSR count). The average molecular weight is 372 g/mol. The Hall–Kier alpha value is -2.21. The molecular formula is C20H24N2O3S. The first-order valence-electron chi connectivity index (χ1n) is 8.87. The lowest BCUT2D eigenvalue weighted by Gasteiger charge is -2.30. The number of hydrogen-bond donors (Lipinski definition) is 0. The average Bonchev–Trinajstić information content (AvgIpc) is 2.68. The molecule has 1 aliphatic heterocycles. The van der Waals surface area contributed by atoms with Crippen molar-refractivity contribution in [1.82, 2.24) is 9.88 Å². The van der Waals surface area contributed by atoms with Crippen LogP contribution in [0.1, 0.15) is 35.3 Å². The van der Waals surface area contributed by atoms with E-state index in [0.717, 1.165) is 28.5 Å².